The van der Waals surface area contributed by atoms with Crippen molar-refractivity contribution >= 4 is 23.9 Å². The summed E-state index contributed by atoms with van der Waals surface area (Å²) in [5.41, 5.74) is 0. The predicted molar refractivity (Wildman–Crippen MR) is 111 cm³/mol. The van der Waals surface area contributed by atoms with Crippen LogP contribution in [0, 0.1) is 23.7 Å². The van der Waals surface area contributed by atoms with Crippen molar-refractivity contribution in [1.82, 2.24) is 10.6 Å². The van der Waals surface area contributed by atoms with Crippen molar-refractivity contribution in [2.24, 2.45) is 23.7 Å². The Hall–Kier alpha value is -2.20. The fourth-order valence-corrected chi connectivity index (χ4v) is 2.58. The fraction of sp³-hybridized carbons (Fsp3) is 0.800. The Morgan fingerprint density at radius 3 is 0.633 bits per heavy atom. The minimum atomic E-state index is -1.02. The molecule has 6 N–H and O–H groups in total. The van der Waals surface area contributed by atoms with E-state index in [1.54, 1.807) is 55.4 Å². The molecule has 0 rings (SSSR count). The third-order valence-electron chi connectivity index (χ3n) is 4.45. The lowest BCUT2D eigenvalue weighted by molar-refractivity contribution is -0.146. The number of hydrogen-bond donors (Lipinski definition) is 6. The summed E-state index contributed by atoms with van der Waals surface area (Å²) in [6.07, 6.45) is 0. The molecule has 0 amide bonds. The highest BCUT2D eigenvalue weighted by molar-refractivity contribution is 5.78. The predicted octanol–water partition coefficient (Wildman–Crippen LogP) is 1.59. The number of nitrogens with one attached hydrogen (secondary N) is 2. The number of rotatable bonds is 12. The van der Waals surface area contributed by atoms with Crippen LogP contribution in [0.2, 0.25) is 0 Å². The van der Waals surface area contributed by atoms with Gasteiger partial charge < -0.3 is 20.4 Å². The molecule has 4 atom stereocenters. The van der Waals surface area contributed by atoms with Crippen LogP contribution in [0.25, 0.3) is 0 Å². The van der Waals surface area contributed by atoms with Crippen LogP contribution in [0.1, 0.15) is 55.4 Å². The fourth-order valence-electron chi connectivity index (χ4n) is 2.58. The number of carboxylic acid groups (broad SMARTS) is 4. The van der Waals surface area contributed by atoms with Gasteiger partial charge in [0.25, 0.3) is 0 Å². The molecule has 176 valence electrons. The summed E-state index contributed by atoms with van der Waals surface area (Å²) in [4.78, 5) is 43.5. The Bertz CT molecular complexity index is 477. The van der Waals surface area contributed by atoms with Crippen LogP contribution in [0.15, 0.2) is 0 Å². The summed E-state index contributed by atoms with van der Waals surface area (Å²) in [5, 5.41) is 40.9. The second-order valence-electron chi connectivity index (χ2n) is 8.57. The van der Waals surface area contributed by atoms with E-state index in [-0.39, 0.29) is 23.7 Å². The minimum absolute atomic E-state index is 0.150. The first-order valence-electron chi connectivity index (χ1n) is 9.97. The Morgan fingerprint density at radius 2 is 0.567 bits per heavy atom. The van der Waals surface area contributed by atoms with Crippen molar-refractivity contribution in [3.05, 3.63) is 0 Å². The molecule has 0 aliphatic rings. The zero-order valence-corrected chi connectivity index (χ0v) is 19.0. The van der Waals surface area contributed by atoms with E-state index >= 15 is 0 Å². The number of carbonyl (C=O) groups is 4. The second-order valence-corrected chi connectivity index (χ2v) is 8.57. The van der Waals surface area contributed by atoms with E-state index in [0.717, 1.165) is 0 Å². The smallest absolute Gasteiger partial charge is 0.320 e. The first kappa shape index (κ1) is 30.0. The van der Waals surface area contributed by atoms with Crippen LogP contribution in [0.4, 0.5) is 0 Å². The van der Waals surface area contributed by atoms with Gasteiger partial charge in [-0.15, -0.1) is 0 Å². The standard InChI is InChI=1S/2C10H19NO4/c2*1-5(2)7(9(12)13)11-8(6(3)4)10(14)15/h2*5-8,11H,1-4H3,(H,12,13)(H,14,15). The molecule has 10 nitrogen and oxygen atoms in total. The van der Waals surface area contributed by atoms with E-state index in [9.17, 15) is 19.2 Å². The lowest BCUT2D eigenvalue weighted by Gasteiger charge is -2.25. The first-order valence-corrected chi connectivity index (χ1v) is 9.97. The Morgan fingerprint density at radius 1 is 0.433 bits per heavy atom. The van der Waals surface area contributed by atoms with Gasteiger partial charge in [0, 0.05) is 0 Å². The third kappa shape index (κ3) is 11.1. The van der Waals surface area contributed by atoms with Gasteiger partial charge in [-0.2, -0.15) is 0 Å². The number of aliphatic carboxylic acids is 4. The molecule has 0 fully saturated rings. The first-order chi connectivity index (χ1) is 13.5. The highest BCUT2D eigenvalue weighted by Gasteiger charge is 2.30. The lowest BCUT2D eigenvalue weighted by atomic mass is 9.99. The molecule has 0 saturated heterocycles. The number of hydrogen-bond acceptors (Lipinski definition) is 6. The van der Waals surface area contributed by atoms with Crippen LogP contribution < -0.4 is 10.6 Å². The van der Waals surface area contributed by atoms with Gasteiger partial charge in [-0.1, -0.05) is 55.4 Å². The van der Waals surface area contributed by atoms with E-state index in [0.29, 0.717) is 0 Å². The molecule has 0 aromatic heterocycles. The van der Waals surface area contributed by atoms with Gasteiger partial charge in [-0.05, 0) is 23.7 Å². The van der Waals surface area contributed by atoms with E-state index in [4.69, 9.17) is 20.4 Å². The lowest BCUT2D eigenvalue weighted by Crippen LogP contribution is -2.51. The highest BCUT2D eigenvalue weighted by Crippen LogP contribution is 2.09. The minimum Gasteiger partial charge on any atom is -0.480 e. The Kier molecular flexibility index (Phi) is 13.9. The molecule has 0 aliphatic carbocycles. The molecule has 0 radical (unpaired) electrons. The molecule has 0 bridgehead atoms. The molecular formula is C20H38N2O8. The molecule has 0 spiro atoms. The molecule has 0 aromatic carbocycles. The van der Waals surface area contributed by atoms with Gasteiger partial charge in [0.2, 0.25) is 0 Å². The molecule has 0 aliphatic heterocycles. The van der Waals surface area contributed by atoms with Crippen LogP contribution in [0.5, 0.6) is 0 Å². The van der Waals surface area contributed by atoms with Gasteiger partial charge in [-0.3, -0.25) is 29.8 Å². The summed E-state index contributed by atoms with van der Waals surface area (Å²) in [5.74, 6) is -4.67. The van der Waals surface area contributed by atoms with Crippen LogP contribution in [-0.4, -0.2) is 68.5 Å². The van der Waals surface area contributed by atoms with Crippen LogP contribution in [-0.2, 0) is 19.2 Å². The Labute approximate surface area is 178 Å². The van der Waals surface area contributed by atoms with Gasteiger partial charge in [0.1, 0.15) is 24.2 Å². The molecule has 4 unspecified atom stereocenters. The maximum Gasteiger partial charge on any atom is 0.320 e. The van der Waals surface area contributed by atoms with Crippen molar-refractivity contribution in [2.45, 2.75) is 79.6 Å². The molecule has 0 saturated carbocycles. The second kappa shape index (κ2) is 13.9. The molecule has 0 heterocycles. The molecule has 10 heteroatoms. The summed E-state index contributed by atoms with van der Waals surface area (Å²) in [6.45, 7) is 13.9. The summed E-state index contributed by atoms with van der Waals surface area (Å²) < 4.78 is 0. The van der Waals surface area contributed by atoms with E-state index in [2.05, 4.69) is 10.6 Å². The topological polar surface area (TPSA) is 173 Å². The van der Waals surface area contributed by atoms with Crippen molar-refractivity contribution < 1.29 is 39.6 Å². The monoisotopic (exact) mass is 434 g/mol. The quantitative estimate of drug-likeness (QED) is 0.265. The maximum absolute atomic E-state index is 10.9. The average molecular weight is 435 g/mol. The molecule has 30 heavy (non-hydrogen) atoms. The summed E-state index contributed by atoms with van der Waals surface area (Å²) >= 11 is 0. The zero-order valence-electron chi connectivity index (χ0n) is 19.0. The third-order valence-corrected chi connectivity index (χ3v) is 4.45. The number of carboxylic acids is 4. The van der Waals surface area contributed by atoms with Gasteiger partial charge in [0.05, 0.1) is 0 Å². The van der Waals surface area contributed by atoms with Gasteiger partial charge in [0.15, 0.2) is 0 Å². The van der Waals surface area contributed by atoms with Crippen molar-refractivity contribution in [3.63, 3.8) is 0 Å². The highest BCUT2D eigenvalue weighted by atomic mass is 16.4. The van der Waals surface area contributed by atoms with Crippen LogP contribution >= 0.6 is 0 Å². The normalized spacial score (nSPS) is 15.3. The summed E-state index contributed by atoms with van der Waals surface area (Å²) in [6, 6.07) is -3.30. The van der Waals surface area contributed by atoms with Gasteiger partial charge in [-0.25, -0.2) is 0 Å². The van der Waals surface area contributed by atoms with E-state index in [1.165, 1.54) is 0 Å². The largest absolute Gasteiger partial charge is 0.480 e. The Balaban J connectivity index is 0. The van der Waals surface area contributed by atoms with E-state index < -0.39 is 48.0 Å². The van der Waals surface area contributed by atoms with E-state index in [1.807, 2.05) is 0 Å². The average Bonchev–Trinajstić information content (AvgIpc) is 2.53. The van der Waals surface area contributed by atoms with Crippen molar-refractivity contribution in [3.8, 4) is 0 Å². The SMILES string of the molecule is CC(C)C(NC(C(=O)O)C(C)C)C(=O)O.CC(C)C(NC(C(=O)O)C(C)C)C(=O)O. The maximum atomic E-state index is 10.9. The van der Waals surface area contributed by atoms with Crippen LogP contribution in [0.3, 0.4) is 0 Å². The van der Waals surface area contributed by atoms with Crippen molar-refractivity contribution in [2.75, 3.05) is 0 Å². The molecule has 0 aromatic rings. The van der Waals surface area contributed by atoms with Gasteiger partial charge >= 0.3 is 23.9 Å². The molecular weight excluding hydrogens is 396 g/mol. The van der Waals surface area contributed by atoms with Crippen molar-refractivity contribution in [1.29, 1.82) is 0 Å². The zero-order chi connectivity index (χ0) is 24.3. The summed E-state index contributed by atoms with van der Waals surface area (Å²) in [7, 11) is 0.